The van der Waals surface area contributed by atoms with E-state index in [1.165, 1.54) is 76.1 Å². The average molecular weight is 755 g/mol. The molecule has 1 aromatic heterocycles. The van der Waals surface area contributed by atoms with Gasteiger partial charge in [0.2, 0.25) is 5.91 Å². The lowest BCUT2D eigenvalue weighted by atomic mass is 9.86. The molecule has 10 nitrogen and oxygen atoms in total. The highest BCUT2D eigenvalue weighted by molar-refractivity contribution is 5.78. The van der Waals surface area contributed by atoms with Gasteiger partial charge in [0.1, 0.15) is 5.82 Å². The van der Waals surface area contributed by atoms with Crippen LogP contribution in [0, 0.1) is 23.7 Å². The largest absolute Gasteiger partial charge is 0.340 e. The molecule has 1 unspecified atom stereocenters. The van der Waals surface area contributed by atoms with Gasteiger partial charge in [-0.2, -0.15) is 0 Å². The molecule has 4 saturated heterocycles. The van der Waals surface area contributed by atoms with Gasteiger partial charge in [-0.3, -0.25) is 14.6 Å². The number of aromatic nitrogens is 2. The summed E-state index contributed by atoms with van der Waals surface area (Å²) in [4.78, 5) is 42.5. The van der Waals surface area contributed by atoms with Crippen LogP contribution >= 0.6 is 0 Å². The monoisotopic (exact) mass is 755 g/mol. The molecule has 0 spiro atoms. The molecule has 0 radical (unpaired) electrons. The van der Waals surface area contributed by atoms with Gasteiger partial charge < -0.3 is 24.2 Å². The number of piperidine rings is 2. The van der Waals surface area contributed by atoms with Crippen LogP contribution in [-0.2, 0) is 17.8 Å². The maximum Gasteiger partial charge on any atom is 0.320 e. The predicted octanol–water partition coefficient (Wildman–Crippen LogP) is 7.14. The Morgan fingerprint density at radius 2 is 1.09 bits per heavy atom. The van der Waals surface area contributed by atoms with Crippen LogP contribution in [0.1, 0.15) is 132 Å². The van der Waals surface area contributed by atoms with Gasteiger partial charge in [-0.25, -0.2) is 9.78 Å². The molecule has 1 aromatic rings. The van der Waals surface area contributed by atoms with Crippen LogP contribution < -0.4 is 0 Å². The second-order valence-electron chi connectivity index (χ2n) is 18.5. The molecule has 4 fully saturated rings. The highest BCUT2D eigenvalue weighted by atomic mass is 16.2. The van der Waals surface area contributed by atoms with Gasteiger partial charge in [0.05, 0.1) is 0 Å². The Morgan fingerprint density at radius 3 is 1.56 bits per heavy atom. The molecule has 5 aliphatic heterocycles. The number of urea groups is 1. The van der Waals surface area contributed by atoms with Gasteiger partial charge in [0.15, 0.2) is 0 Å². The first-order valence-corrected chi connectivity index (χ1v) is 22.3. The van der Waals surface area contributed by atoms with Crippen LogP contribution in [-0.4, -0.2) is 148 Å². The molecule has 310 valence electrons. The maximum atomic E-state index is 12.5. The summed E-state index contributed by atoms with van der Waals surface area (Å²) in [6.45, 7) is 37.7. The molecule has 1 atom stereocenters. The lowest BCUT2D eigenvalue weighted by Gasteiger charge is -2.40. The number of carbonyl (C=O) groups is 2. The van der Waals surface area contributed by atoms with Crippen LogP contribution in [0.15, 0.2) is 6.20 Å². The van der Waals surface area contributed by atoms with Crippen LogP contribution in [0.25, 0.3) is 0 Å². The smallest absolute Gasteiger partial charge is 0.320 e. The number of hydrogen-bond acceptors (Lipinski definition) is 6. The zero-order chi connectivity index (χ0) is 39.5. The zero-order valence-corrected chi connectivity index (χ0v) is 36.7. The van der Waals surface area contributed by atoms with E-state index in [0.29, 0.717) is 30.0 Å². The SMILES string of the molecule is CC(C)C(=O)N1CCN(C(C)C)CC1.CC(C)C1CCn2c(cnc2C2CCN(C(C)C)CC2)C1.CCC1CCN(C(=O)N2CCN(C(C)C)CC2)CC1. The minimum Gasteiger partial charge on any atom is -0.340 e. The maximum absolute atomic E-state index is 12.5. The molecule has 0 aliphatic carbocycles. The third-order valence-electron chi connectivity index (χ3n) is 13.4. The molecule has 0 aromatic carbocycles. The Kier molecular flexibility index (Phi) is 17.6. The molecule has 6 heterocycles. The third kappa shape index (κ3) is 12.4. The van der Waals surface area contributed by atoms with Crippen LogP contribution in [0.2, 0.25) is 0 Å². The Labute approximate surface area is 331 Å². The standard InChI is InChI=1S/C18H31N3.C15H29N3O.C11H22N2O/c1-13(2)16-7-10-21-17(11-16)12-19-18(21)15-5-8-20(9-6-15)14(3)4;1-4-14-5-7-17(8-6-14)15(19)18-11-9-16(10-12-18)13(2)3;1-9(2)11(14)13-7-5-12(6-8-13)10(3)4/h12-16H,5-11H2,1-4H3;13-14H,4-12H2,1-3H3;9-10H,5-8H2,1-4H3. The summed E-state index contributed by atoms with van der Waals surface area (Å²) < 4.78 is 2.55. The molecule has 3 amide bonds. The van der Waals surface area contributed by atoms with Gasteiger partial charge in [-0.1, -0.05) is 41.0 Å². The molecular weight excluding hydrogens is 673 g/mol. The number of carbonyl (C=O) groups excluding carboxylic acids is 2. The van der Waals surface area contributed by atoms with Crippen LogP contribution in [0.4, 0.5) is 4.79 Å². The fourth-order valence-corrected chi connectivity index (χ4v) is 9.07. The summed E-state index contributed by atoms with van der Waals surface area (Å²) >= 11 is 0. The highest BCUT2D eigenvalue weighted by Gasteiger charge is 2.31. The third-order valence-corrected chi connectivity index (χ3v) is 13.4. The first-order valence-electron chi connectivity index (χ1n) is 22.3. The van der Waals surface area contributed by atoms with E-state index in [2.05, 4.69) is 92.7 Å². The van der Waals surface area contributed by atoms with Crippen molar-refractivity contribution < 1.29 is 9.59 Å². The molecule has 10 heteroatoms. The second-order valence-corrected chi connectivity index (χ2v) is 18.5. The summed E-state index contributed by atoms with van der Waals surface area (Å²) in [5, 5.41) is 0. The van der Waals surface area contributed by atoms with E-state index in [1.807, 2.05) is 23.6 Å². The summed E-state index contributed by atoms with van der Waals surface area (Å²) in [5.41, 5.74) is 1.49. The number of piperazine rings is 2. The Hall–Kier alpha value is -2.17. The van der Waals surface area contributed by atoms with E-state index < -0.39 is 0 Å². The van der Waals surface area contributed by atoms with Crippen molar-refractivity contribution >= 4 is 11.9 Å². The van der Waals surface area contributed by atoms with Gasteiger partial charge in [-0.15, -0.1) is 0 Å². The second kappa shape index (κ2) is 21.4. The van der Waals surface area contributed by atoms with Crippen molar-refractivity contribution in [3.05, 3.63) is 17.7 Å². The minimum atomic E-state index is 0.139. The number of likely N-dealkylation sites (tertiary alicyclic amines) is 2. The zero-order valence-electron chi connectivity index (χ0n) is 36.7. The highest BCUT2D eigenvalue weighted by Crippen LogP contribution is 2.33. The molecule has 0 saturated carbocycles. The number of amides is 3. The predicted molar refractivity (Wildman–Crippen MR) is 224 cm³/mol. The lowest BCUT2D eigenvalue weighted by molar-refractivity contribution is -0.136. The van der Waals surface area contributed by atoms with Gasteiger partial charge in [0.25, 0.3) is 0 Å². The normalized spacial score (nSPS) is 22.8. The lowest BCUT2D eigenvalue weighted by Crippen LogP contribution is -2.55. The van der Waals surface area contributed by atoms with Crippen molar-refractivity contribution in [2.45, 2.75) is 152 Å². The fourth-order valence-electron chi connectivity index (χ4n) is 9.07. The Balaban J connectivity index is 0.000000184. The molecule has 0 bridgehead atoms. The van der Waals surface area contributed by atoms with Gasteiger partial charge in [-0.05, 0) is 111 Å². The van der Waals surface area contributed by atoms with E-state index in [-0.39, 0.29) is 11.9 Å². The van der Waals surface area contributed by atoms with Gasteiger partial charge >= 0.3 is 6.03 Å². The average Bonchev–Trinajstić information content (AvgIpc) is 3.61. The summed E-state index contributed by atoms with van der Waals surface area (Å²) in [5.74, 6) is 4.99. The minimum absolute atomic E-state index is 0.139. The van der Waals surface area contributed by atoms with Crippen molar-refractivity contribution in [2.75, 3.05) is 78.5 Å². The van der Waals surface area contributed by atoms with Crippen molar-refractivity contribution in [2.24, 2.45) is 23.7 Å². The van der Waals surface area contributed by atoms with Crippen molar-refractivity contribution in [1.82, 2.24) is 39.0 Å². The van der Waals surface area contributed by atoms with E-state index in [9.17, 15) is 9.59 Å². The van der Waals surface area contributed by atoms with Crippen molar-refractivity contribution in [1.29, 1.82) is 0 Å². The van der Waals surface area contributed by atoms with E-state index in [1.54, 1.807) is 0 Å². The van der Waals surface area contributed by atoms with Crippen molar-refractivity contribution in [3.8, 4) is 0 Å². The quantitative estimate of drug-likeness (QED) is 0.295. The number of hydrogen-bond donors (Lipinski definition) is 0. The molecular formula is C44H82N8O2. The topological polar surface area (TPSA) is 71.4 Å². The molecule has 6 rings (SSSR count). The number of fused-ring (bicyclic) bond motifs is 1. The van der Waals surface area contributed by atoms with Crippen LogP contribution in [0.5, 0.6) is 0 Å². The molecule has 5 aliphatic rings. The number of rotatable bonds is 7. The molecule has 54 heavy (non-hydrogen) atoms. The van der Waals surface area contributed by atoms with E-state index >= 15 is 0 Å². The summed E-state index contributed by atoms with van der Waals surface area (Å²) in [6, 6.07) is 2.16. The van der Waals surface area contributed by atoms with E-state index in [4.69, 9.17) is 4.98 Å². The fraction of sp³-hybridized carbons (Fsp3) is 0.886. The number of nitrogens with zero attached hydrogens (tertiary/aromatic N) is 8. The Morgan fingerprint density at radius 1 is 0.611 bits per heavy atom. The first-order chi connectivity index (χ1) is 25.7. The van der Waals surface area contributed by atoms with E-state index in [0.717, 1.165) is 83.2 Å². The van der Waals surface area contributed by atoms with Gasteiger partial charge in [0, 0.05) is 114 Å². The molecule has 0 N–H and O–H groups in total. The van der Waals surface area contributed by atoms with Crippen LogP contribution in [0.3, 0.4) is 0 Å². The summed E-state index contributed by atoms with van der Waals surface area (Å²) in [6.07, 6.45) is 10.9. The summed E-state index contributed by atoms with van der Waals surface area (Å²) in [7, 11) is 0. The Bertz CT molecular complexity index is 1250. The van der Waals surface area contributed by atoms with Crippen molar-refractivity contribution in [3.63, 3.8) is 0 Å². The first kappa shape index (κ1) is 44.5. The number of imidazole rings is 1.